The molecule has 182 valence electrons. The van der Waals surface area contributed by atoms with Crippen LogP contribution < -0.4 is 5.32 Å². The lowest BCUT2D eigenvalue weighted by Gasteiger charge is -2.20. The molecule has 1 aromatic carbocycles. The molecule has 0 aliphatic carbocycles. The van der Waals surface area contributed by atoms with Crippen LogP contribution in [0.4, 0.5) is 5.69 Å². The lowest BCUT2D eigenvalue weighted by Crippen LogP contribution is -2.32. The van der Waals surface area contributed by atoms with Crippen LogP contribution in [0.3, 0.4) is 0 Å². The van der Waals surface area contributed by atoms with Gasteiger partial charge in [-0.05, 0) is 31.1 Å². The van der Waals surface area contributed by atoms with Gasteiger partial charge in [0, 0.05) is 24.2 Å². The maximum absolute atomic E-state index is 12.8. The number of ether oxygens (including phenoxy) is 1. The van der Waals surface area contributed by atoms with Crippen LogP contribution in [0.1, 0.15) is 36.2 Å². The first-order valence-corrected chi connectivity index (χ1v) is 11.7. The number of aliphatic hydroxyl groups is 2. The Hall–Kier alpha value is -2.53. The fraction of sp³-hybridized carbons (Fsp3) is 0.429. The molecule has 0 radical (unpaired) electrons. The molecule has 0 fully saturated rings. The van der Waals surface area contributed by atoms with Gasteiger partial charge in [-0.15, -0.1) is 0 Å². The highest BCUT2D eigenvalue weighted by molar-refractivity contribution is 7.46. The average Bonchev–Trinajstić information content (AvgIpc) is 2.72. The average molecular weight is 485 g/mol. The predicted octanol–water partition coefficient (Wildman–Crippen LogP) is 1.36. The van der Waals surface area contributed by atoms with E-state index in [1.165, 1.54) is 30.4 Å². The van der Waals surface area contributed by atoms with Crippen LogP contribution in [0.15, 0.2) is 30.4 Å². The highest BCUT2D eigenvalue weighted by Crippen LogP contribution is 2.35. The number of nitrogens with one attached hydrogen (secondary N) is 1. The predicted molar refractivity (Wildman–Crippen MR) is 118 cm³/mol. The zero-order valence-corrected chi connectivity index (χ0v) is 19.0. The summed E-state index contributed by atoms with van der Waals surface area (Å²) in [4.78, 5) is 42.3. The quantitative estimate of drug-likeness (QED) is 0.201. The Labute approximate surface area is 190 Å². The molecule has 12 heteroatoms. The van der Waals surface area contributed by atoms with Gasteiger partial charge in [0.15, 0.2) is 5.78 Å². The zero-order chi connectivity index (χ0) is 24.8. The summed E-state index contributed by atoms with van der Waals surface area (Å²) >= 11 is 0. The minimum Gasteiger partial charge on any atom is -0.507 e. The lowest BCUT2D eigenvalue weighted by molar-refractivity contribution is -0.127. The number of hydrogen-bond donors (Lipinski definition) is 6. The number of aliphatic hydroxyl groups excluding tert-OH is 2. The molecule has 2 rings (SSSR count). The number of esters is 1. The van der Waals surface area contributed by atoms with Crippen LogP contribution in [0.5, 0.6) is 5.75 Å². The van der Waals surface area contributed by atoms with Crippen molar-refractivity contribution in [3.63, 3.8) is 0 Å². The van der Waals surface area contributed by atoms with E-state index in [0.717, 1.165) is 6.08 Å². The summed E-state index contributed by atoms with van der Waals surface area (Å²) in [5.41, 5.74) is 0.410. The molecule has 0 aromatic heterocycles. The van der Waals surface area contributed by atoms with E-state index < -0.39 is 49.6 Å². The van der Waals surface area contributed by atoms with Crippen molar-refractivity contribution in [1.82, 2.24) is 0 Å². The number of carbonyl (C=O) groups is 2. The van der Waals surface area contributed by atoms with Crippen molar-refractivity contribution in [1.29, 1.82) is 0 Å². The van der Waals surface area contributed by atoms with Crippen molar-refractivity contribution in [3.8, 4) is 5.75 Å². The fourth-order valence-corrected chi connectivity index (χ4v) is 3.28. The van der Waals surface area contributed by atoms with E-state index >= 15 is 0 Å². The normalized spacial score (nSPS) is 26.6. The smallest absolute Gasteiger partial charge is 0.469 e. The van der Waals surface area contributed by atoms with Gasteiger partial charge in [-0.25, -0.2) is 9.36 Å². The van der Waals surface area contributed by atoms with E-state index in [4.69, 9.17) is 14.5 Å². The molecule has 4 atom stereocenters. The molecular weight excluding hydrogens is 457 g/mol. The molecule has 0 saturated heterocycles. The van der Waals surface area contributed by atoms with Crippen LogP contribution in [0.25, 0.3) is 6.08 Å². The van der Waals surface area contributed by atoms with Gasteiger partial charge in [0.1, 0.15) is 23.5 Å². The Kier molecular flexibility index (Phi) is 9.35. The van der Waals surface area contributed by atoms with Gasteiger partial charge in [-0.2, -0.15) is 0 Å². The molecule has 0 amide bonds. The number of rotatable bonds is 5. The summed E-state index contributed by atoms with van der Waals surface area (Å²) in [6.07, 6.45) is 1.64. The van der Waals surface area contributed by atoms with E-state index in [0.29, 0.717) is 5.69 Å². The fourth-order valence-electron chi connectivity index (χ4n) is 2.95. The van der Waals surface area contributed by atoms with Gasteiger partial charge >= 0.3 is 13.8 Å². The Morgan fingerprint density at radius 1 is 1.18 bits per heavy atom. The van der Waals surface area contributed by atoms with Crippen molar-refractivity contribution < 1.29 is 48.5 Å². The van der Waals surface area contributed by atoms with E-state index in [-0.39, 0.29) is 30.7 Å². The molecule has 1 aliphatic heterocycles. The third-order valence-corrected chi connectivity index (χ3v) is 5.49. The second-order valence-electron chi connectivity index (χ2n) is 7.59. The third kappa shape index (κ3) is 8.08. The number of anilines is 1. The number of phosphoric acid groups is 1. The number of benzene rings is 1. The summed E-state index contributed by atoms with van der Waals surface area (Å²) in [7, 11) is -4.62. The number of aromatic hydroxyl groups is 1. The molecule has 1 aromatic rings. The van der Waals surface area contributed by atoms with Crippen molar-refractivity contribution in [3.05, 3.63) is 41.5 Å². The Morgan fingerprint density at radius 2 is 1.88 bits per heavy atom. The summed E-state index contributed by atoms with van der Waals surface area (Å²) in [6, 6.07) is 2.73. The summed E-state index contributed by atoms with van der Waals surface area (Å²) in [5, 5.41) is 33.4. The maximum Gasteiger partial charge on any atom is 0.469 e. The molecular formula is C21H28NO10P. The van der Waals surface area contributed by atoms with E-state index in [9.17, 15) is 29.5 Å². The van der Waals surface area contributed by atoms with Crippen LogP contribution in [-0.2, 0) is 18.6 Å². The molecule has 4 unspecified atom stereocenters. The molecule has 1 heterocycles. The highest BCUT2D eigenvalue weighted by atomic mass is 31.2. The minimum atomic E-state index is -4.62. The van der Waals surface area contributed by atoms with Gasteiger partial charge in [0.25, 0.3) is 0 Å². The molecule has 6 N–H and O–H groups in total. The first kappa shape index (κ1) is 26.7. The molecule has 1 aliphatic rings. The second kappa shape index (κ2) is 11.6. The second-order valence-corrected chi connectivity index (χ2v) is 8.83. The SMILES string of the molecule is CC1/C=C\C(=O)C(O)C(O)C/C=C/c2cc(NCCOP(=O)(O)O)cc(O)c2C(=O)OC1C. The van der Waals surface area contributed by atoms with E-state index in [1.807, 2.05) is 0 Å². The van der Waals surface area contributed by atoms with Gasteiger partial charge in [0.2, 0.25) is 0 Å². The lowest BCUT2D eigenvalue weighted by atomic mass is 9.99. The molecule has 33 heavy (non-hydrogen) atoms. The van der Waals surface area contributed by atoms with Crippen LogP contribution >= 0.6 is 7.82 Å². The van der Waals surface area contributed by atoms with Gasteiger partial charge < -0.3 is 35.2 Å². The molecule has 0 spiro atoms. The van der Waals surface area contributed by atoms with Crippen molar-refractivity contribution in [2.75, 3.05) is 18.5 Å². The number of ketones is 1. The summed E-state index contributed by atoms with van der Waals surface area (Å²) in [5.74, 6) is -2.29. The van der Waals surface area contributed by atoms with Crippen molar-refractivity contribution in [2.45, 2.75) is 38.6 Å². The topological polar surface area (TPSA) is 183 Å². The van der Waals surface area contributed by atoms with Crippen molar-refractivity contribution in [2.24, 2.45) is 5.92 Å². The molecule has 0 saturated carbocycles. The first-order valence-electron chi connectivity index (χ1n) is 10.2. The number of carbonyl (C=O) groups excluding carboxylic acids is 2. The van der Waals surface area contributed by atoms with Gasteiger partial charge in [0.05, 0.1) is 12.7 Å². The van der Waals surface area contributed by atoms with E-state index in [1.54, 1.807) is 13.8 Å². The maximum atomic E-state index is 12.8. The number of cyclic esters (lactones) is 1. The summed E-state index contributed by atoms with van der Waals surface area (Å²) in [6.45, 7) is 2.98. The first-order chi connectivity index (χ1) is 15.4. The third-order valence-electron chi connectivity index (χ3n) is 4.97. The van der Waals surface area contributed by atoms with Gasteiger partial charge in [-0.3, -0.25) is 9.32 Å². The number of fused-ring (bicyclic) bond motifs is 1. The number of hydrogen-bond acceptors (Lipinski definition) is 9. The standard InChI is InChI=1S/C21H28NO10P/c1-12-6-7-17(24)20(26)16(23)5-3-4-14-10-15(22-8-9-31-33(28,29)30)11-18(25)19(14)21(27)32-13(12)2/h3-4,6-7,10-13,16,20,22-23,25-26H,5,8-9H2,1-2H3,(H2,28,29,30)/b4-3+,7-6-. The molecule has 0 bridgehead atoms. The number of phenols is 1. The van der Waals surface area contributed by atoms with Crippen LogP contribution in [-0.4, -0.2) is 68.3 Å². The Balaban J connectivity index is 2.36. The van der Waals surface area contributed by atoms with Gasteiger partial charge in [-0.1, -0.05) is 25.2 Å². The highest BCUT2D eigenvalue weighted by Gasteiger charge is 2.25. The number of phenolic OH excluding ortho intramolecular Hbond substituents is 1. The van der Waals surface area contributed by atoms with Crippen molar-refractivity contribution >= 4 is 31.3 Å². The Bertz CT molecular complexity index is 970. The van der Waals surface area contributed by atoms with E-state index in [2.05, 4.69) is 9.84 Å². The number of phosphoric ester groups is 1. The summed E-state index contributed by atoms with van der Waals surface area (Å²) < 4.78 is 20.5. The van der Waals surface area contributed by atoms with Crippen LogP contribution in [0.2, 0.25) is 0 Å². The zero-order valence-electron chi connectivity index (χ0n) is 18.1. The Morgan fingerprint density at radius 3 is 2.55 bits per heavy atom. The largest absolute Gasteiger partial charge is 0.507 e. The monoisotopic (exact) mass is 485 g/mol. The van der Waals surface area contributed by atoms with Crippen LogP contribution in [0, 0.1) is 5.92 Å². The minimum absolute atomic E-state index is 0.00853. The molecule has 11 nitrogen and oxygen atoms in total.